The van der Waals surface area contributed by atoms with Crippen LogP contribution in [0.25, 0.3) is 0 Å². The van der Waals surface area contributed by atoms with E-state index in [0.29, 0.717) is 5.69 Å². The van der Waals surface area contributed by atoms with Gasteiger partial charge in [-0.25, -0.2) is 8.78 Å². The molecule has 0 aliphatic heterocycles. The normalized spacial score (nSPS) is 10.0. The fourth-order valence-electron chi connectivity index (χ4n) is 1.29. The molecule has 0 aliphatic carbocycles. The molecule has 0 radical (unpaired) electrons. The van der Waals surface area contributed by atoms with E-state index in [0.717, 1.165) is 12.1 Å². The van der Waals surface area contributed by atoms with Gasteiger partial charge in [0.15, 0.2) is 11.6 Å². The van der Waals surface area contributed by atoms with Crippen LogP contribution in [-0.4, -0.2) is 24.6 Å². The number of halogens is 2. The Balaban J connectivity index is 2.74. The second kappa shape index (κ2) is 6.39. The van der Waals surface area contributed by atoms with E-state index in [1.807, 2.05) is 0 Å². The Kier molecular flexibility index (Phi) is 5.15. The van der Waals surface area contributed by atoms with Gasteiger partial charge in [0.25, 0.3) is 0 Å². The minimum absolute atomic E-state index is 0.0708. The number of benzene rings is 1. The number of carbonyl (C=O) groups excluding carboxylic acids is 1. The highest BCUT2D eigenvalue weighted by Gasteiger charge is 2.14. The Morgan fingerprint density at radius 2 is 2.06 bits per heavy atom. The third kappa shape index (κ3) is 3.73. The van der Waals surface area contributed by atoms with Gasteiger partial charge >= 0.3 is 5.97 Å². The highest BCUT2D eigenvalue weighted by Crippen LogP contribution is 2.18. The first kappa shape index (κ1) is 14.5. The van der Waals surface area contributed by atoms with Crippen LogP contribution in [0.15, 0.2) is 18.2 Å². The number of anilines is 1. The molecule has 0 aromatic heterocycles. The average molecular weight is 273 g/mol. The topological polar surface area (TPSA) is 29.5 Å². The van der Waals surface area contributed by atoms with Crippen LogP contribution in [-0.2, 0) is 9.53 Å². The number of thiocarbonyl (C=S) groups is 1. The quantitative estimate of drug-likeness (QED) is 0.623. The lowest BCUT2D eigenvalue weighted by molar-refractivity contribution is -0.141. The molecule has 0 fully saturated rings. The summed E-state index contributed by atoms with van der Waals surface area (Å²) in [5, 5.41) is 0. The van der Waals surface area contributed by atoms with Crippen LogP contribution in [0.3, 0.4) is 0 Å². The summed E-state index contributed by atoms with van der Waals surface area (Å²) in [6.45, 7) is 1.97. The van der Waals surface area contributed by atoms with Crippen molar-refractivity contribution in [2.24, 2.45) is 0 Å². The largest absolute Gasteiger partial charge is 0.466 e. The van der Waals surface area contributed by atoms with Crippen molar-refractivity contribution in [2.45, 2.75) is 13.3 Å². The molecule has 0 spiro atoms. The van der Waals surface area contributed by atoms with Crippen LogP contribution in [0.2, 0.25) is 0 Å². The molecular formula is C12H13F2NO2S. The Morgan fingerprint density at radius 1 is 1.39 bits per heavy atom. The Bertz CT molecular complexity index is 465. The summed E-state index contributed by atoms with van der Waals surface area (Å²) in [5.74, 6) is -2.33. The lowest BCUT2D eigenvalue weighted by Gasteiger charge is -2.19. The number of nitrogens with zero attached hydrogens (tertiary/aromatic N) is 1. The van der Waals surface area contributed by atoms with E-state index in [4.69, 9.17) is 17.0 Å². The van der Waals surface area contributed by atoms with Crippen molar-refractivity contribution in [3.05, 3.63) is 29.8 Å². The lowest BCUT2D eigenvalue weighted by atomic mass is 10.2. The van der Waals surface area contributed by atoms with Gasteiger partial charge in [0.05, 0.1) is 18.0 Å². The zero-order chi connectivity index (χ0) is 13.7. The fraction of sp³-hybridized carbons (Fsp3) is 0.333. The number of ether oxygens (including phenoxy) is 1. The van der Waals surface area contributed by atoms with Gasteiger partial charge in [-0.3, -0.25) is 4.79 Å². The third-order valence-electron chi connectivity index (χ3n) is 2.27. The molecule has 0 atom stereocenters. The van der Waals surface area contributed by atoms with E-state index in [2.05, 4.69) is 0 Å². The number of carbonyl (C=O) groups is 1. The lowest BCUT2D eigenvalue weighted by Crippen LogP contribution is -2.27. The van der Waals surface area contributed by atoms with Gasteiger partial charge in [-0.15, -0.1) is 0 Å². The second-order valence-corrected chi connectivity index (χ2v) is 4.00. The van der Waals surface area contributed by atoms with E-state index in [1.165, 1.54) is 11.0 Å². The van der Waals surface area contributed by atoms with Crippen molar-refractivity contribution in [1.82, 2.24) is 0 Å². The maximum Gasteiger partial charge on any atom is 0.312 e. The molecule has 0 aliphatic rings. The highest BCUT2D eigenvalue weighted by molar-refractivity contribution is 7.80. The summed E-state index contributed by atoms with van der Waals surface area (Å²) in [4.78, 5) is 13.0. The van der Waals surface area contributed by atoms with Gasteiger partial charge in [-0.05, 0) is 19.1 Å². The van der Waals surface area contributed by atoms with Crippen molar-refractivity contribution >= 4 is 28.9 Å². The van der Waals surface area contributed by atoms with E-state index in [1.54, 1.807) is 14.0 Å². The maximum absolute atomic E-state index is 13.0. The molecule has 1 rings (SSSR count). The van der Waals surface area contributed by atoms with Gasteiger partial charge in [0, 0.05) is 18.8 Å². The van der Waals surface area contributed by atoms with Crippen LogP contribution >= 0.6 is 12.2 Å². The monoisotopic (exact) mass is 273 g/mol. The summed E-state index contributed by atoms with van der Waals surface area (Å²) in [7, 11) is 1.58. The summed E-state index contributed by atoms with van der Waals surface area (Å²) in [6.07, 6.45) is -0.0708. The SMILES string of the molecule is CCOC(=O)CC(=S)N(C)c1ccc(F)c(F)c1. The van der Waals surface area contributed by atoms with E-state index in [-0.39, 0.29) is 18.0 Å². The van der Waals surface area contributed by atoms with Crippen LogP contribution in [0.4, 0.5) is 14.5 Å². The molecule has 18 heavy (non-hydrogen) atoms. The average Bonchev–Trinajstić information content (AvgIpc) is 2.32. The van der Waals surface area contributed by atoms with Crippen LogP contribution in [0.1, 0.15) is 13.3 Å². The van der Waals surface area contributed by atoms with Gasteiger partial charge in [-0.2, -0.15) is 0 Å². The molecule has 0 saturated carbocycles. The van der Waals surface area contributed by atoms with Gasteiger partial charge in [0.1, 0.15) is 0 Å². The third-order valence-corrected chi connectivity index (χ3v) is 2.68. The van der Waals surface area contributed by atoms with Crippen molar-refractivity contribution in [1.29, 1.82) is 0 Å². The van der Waals surface area contributed by atoms with Gasteiger partial charge in [0.2, 0.25) is 0 Å². The molecule has 3 nitrogen and oxygen atoms in total. The molecule has 1 aromatic carbocycles. The molecule has 0 heterocycles. The summed E-state index contributed by atoms with van der Waals surface area (Å²) < 4.78 is 30.6. The molecule has 1 aromatic rings. The van der Waals surface area contributed by atoms with Crippen molar-refractivity contribution < 1.29 is 18.3 Å². The molecular weight excluding hydrogens is 260 g/mol. The minimum Gasteiger partial charge on any atom is -0.466 e. The van der Waals surface area contributed by atoms with Crippen LogP contribution < -0.4 is 4.90 Å². The molecule has 0 amide bonds. The minimum atomic E-state index is -0.960. The summed E-state index contributed by atoms with van der Waals surface area (Å²) in [5.41, 5.74) is 0.378. The Labute approximate surface area is 109 Å². The molecule has 0 unspecified atom stereocenters. The first-order valence-corrected chi connectivity index (χ1v) is 5.73. The first-order valence-electron chi connectivity index (χ1n) is 5.33. The predicted molar refractivity (Wildman–Crippen MR) is 68.6 cm³/mol. The first-order chi connectivity index (χ1) is 8.45. The Morgan fingerprint density at radius 3 is 2.61 bits per heavy atom. The summed E-state index contributed by atoms with van der Waals surface area (Å²) >= 11 is 5.03. The van der Waals surface area contributed by atoms with E-state index >= 15 is 0 Å². The maximum atomic E-state index is 13.0. The van der Waals surface area contributed by atoms with Gasteiger partial charge in [-0.1, -0.05) is 12.2 Å². The van der Waals surface area contributed by atoms with Crippen molar-refractivity contribution in [3.63, 3.8) is 0 Å². The molecule has 6 heteroatoms. The van der Waals surface area contributed by atoms with Crippen molar-refractivity contribution in [2.75, 3.05) is 18.6 Å². The molecule has 98 valence electrons. The molecule has 0 bridgehead atoms. The smallest absolute Gasteiger partial charge is 0.312 e. The molecule has 0 N–H and O–H groups in total. The number of rotatable bonds is 4. The second-order valence-electron chi connectivity index (χ2n) is 3.53. The van der Waals surface area contributed by atoms with Gasteiger partial charge < -0.3 is 9.64 Å². The fourth-order valence-corrected chi connectivity index (χ4v) is 1.52. The standard InChI is InChI=1S/C12H13F2NO2S/c1-3-17-12(16)7-11(18)15(2)8-4-5-9(13)10(14)6-8/h4-6H,3,7H2,1-2H3. The van der Waals surface area contributed by atoms with E-state index < -0.39 is 17.6 Å². The zero-order valence-corrected chi connectivity index (χ0v) is 10.9. The van der Waals surface area contributed by atoms with E-state index in [9.17, 15) is 13.6 Å². The highest BCUT2D eigenvalue weighted by atomic mass is 32.1. The zero-order valence-electron chi connectivity index (χ0n) is 10.1. The number of hydrogen-bond donors (Lipinski definition) is 0. The van der Waals surface area contributed by atoms with Crippen molar-refractivity contribution in [3.8, 4) is 0 Å². The van der Waals surface area contributed by atoms with Crippen LogP contribution in [0.5, 0.6) is 0 Å². The Hall–Kier alpha value is -1.56. The van der Waals surface area contributed by atoms with Crippen LogP contribution in [0, 0.1) is 11.6 Å². The number of hydrogen-bond acceptors (Lipinski definition) is 3. The summed E-state index contributed by atoms with van der Waals surface area (Å²) in [6, 6.07) is 3.41. The number of esters is 1. The predicted octanol–water partition coefficient (Wildman–Crippen LogP) is 2.68. The molecule has 0 saturated heterocycles.